The van der Waals surface area contributed by atoms with Crippen molar-refractivity contribution in [2.75, 3.05) is 10.6 Å². The Kier molecular flexibility index (Phi) is 6.70. The molecule has 5 heteroatoms. The van der Waals surface area contributed by atoms with Gasteiger partial charge in [-0.25, -0.2) is 0 Å². The third kappa shape index (κ3) is 5.19. The molecule has 3 N–H and O–H groups in total. The molecular weight excluding hydrogens is 422 g/mol. The summed E-state index contributed by atoms with van der Waals surface area (Å²) in [5, 5.41) is 7.28. The molecule has 2 fully saturated rings. The first-order valence-electron chi connectivity index (χ1n) is 12.9. The molecule has 178 valence electrons. The summed E-state index contributed by atoms with van der Waals surface area (Å²) in [7, 11) is 0. The normalized spacial score (nSPS) is 21.3. The minimum atomic E-state index is 0.130. The summed E-state index contributed by atoms with van der Waals surface area (Å²) in [6, 6.07) is 16.2. The molecule has 0 bridgehead atoms. The lowest BCUT2D eigenvalue weighted by atomic mass is 9.82. The van der Waals surface area contributed by atoms with Crippen LogP contribution in [0.5, 0.6) is 0 Å². The number of fused-ring (bicyclic) bond motifs is 1. The van der Waals surface area contributed by atoms with Crippen molar-refractivity contribution in [1.82, 2.24) is 4.98 Å². The van der Waals surface area contributed by atoms with Gasteiger partial charge in [0.05, 0.1) is 0 Å². The monoisotopic (exact) mass is 457 g/mol. The van der Waals surface area contributed by atoms with Gasteiger partial charge in [-0.2, -0.15) is 0 Å². The second kappa shape index (κ2) is 10.0. The molecule has 2 aliphatic carbocycles. The highest BCUT2D eigenvalue weighted by Gasteiger charge is 2.24. The van der Waals surface area contributed by atoms with Crippen molar-refractivity contribution >= 4 is 34.1 Å². The van der Waals surface area contributed by atoms with E-state index in [2.05, 4.69) is 28.6 Å². The molecule has 1 heterocycles. The smallest absolute Gasteiger partial charge is 0.227 e. The summed E-state index contributed by atoms with van der Waals surface area (Å²) >= 11 is 0. The lowest BCUT2D eigenvalue weighted by Crippen LogP contribution is -2.26. The van der Waals surface area contributed by atoms with E-state index in [0.29, 0.717) is 0 Å². The van der Waals surface area contributed by atoms with Gasteiger partial charge in [-0.1, -0.05) is 38.3 Å². The van der Waals surface area contributed by atoms with Crippen LogP contribution in [0, 0.1) is 17.8 Å². The molecule has 0 aliphatic heterocycles. The van der Waals surface area contributed by atoms with Crippen LogP contribution >= 0.6 is 0 Å². The van der Waals surface area contributed by atoms with E-state index >= 15 is 0 Å². The fourth-order valence-corrected chi connectivity index (χ4v) is 5.47. The van der Waals surface area contributed by atoms with E-state index in [-0.39, 0.29) is 23.7 Å². The second-order valence-electron chi connectivity index (χ2n) is 10.3. The first kappa shape index (κ1) is 22.7. The fourth-order valence-electron chi connectivity index (χ4n) is 5.47. The standard InChI is InChI=1S/C29H35N3O2/c1-19-7-9-22(10-8-19)29(34)31-25-15-16-26-23(17-25)18-27(32-26)20-11-13-24(14-12-20)30-28(33)21-5-3-2-4-6-21/h11-19,21-22,32H,2-10H2,1H3,(H,30,33)(H,31,34). The van der Waals surface area contributed by atoms with E-state index in [1.54, 1.807) is 0 Å². The van der Waals surface area contributed by atoms with Crippen molar-refractivity contribution in [3.63, 3.8) is 0 Å². The lowest BCUT2D eigenvalue weighted by molar-refractivity contribution is -0.121. The van der Waals surface area contributed by atoms with Crippen molar-refractivity contribution < 1.29 is 9.59 Å². The van der Waals surface area contributed by atoms with Crippen LogP contribution in [0.2, 0.25) is 0 Å². The molecule has 0 spiro atoms. The largest absolute Gasteiger partial charge is 0.355 e. The Morgan fingerprint density at radius 1 is 0.735 bits per heavy atom. The number of carbonyl (C=O) groups is 2. The Labute approximate surface area is 201 Å². The van der Waals surface area contributed by atoms with Gasteiger partial charge in [-0.15, -0.1) is 0 Å². The zero-order valence-electron chi connectivity index (χ0n) is 20.0. The lowest BCUT2D eigenvalue weighted by Gasteiger charge is -2.25. The zero-order valence-corrected chi connectivity index (χ0v) is 20.0. The van der Waals surface area contributed by atoms with Crippen LogP contribution in [0.1, 0.15) is 64.7 Å². The number of amides is 2. The molecule has 2 amide bonds. The van der Waals surface area contributed by atoms with E-state index in [4.69, 9.17) is 0 Å². The van der Waals surface area contributed by atoms with Gasteiger partial charge in [-0.05, 0) is 86.4 Å². The topological polar surface area (TPSA) is 74.0 Å². The highest BCUT2D eigenvalue weighted by atomic mass is 16.2. The summed E-state index contributed by atoms with van der Waals surface area (Å²) < 4.78 is 0. The van der Waals surface area contributed by atoms with Gasteiger partial charge in [0.1, 0.15) is 0 Å². The molecule has 5 nitrogen and oxygen atoms in total. The maximum atomic E-state index is 12.7. The third-order valence-corrected chi connectivity index (χ3v) is 7.71. The van der Waals surface area contributed by atoms with Gasteiger partial charge < -0.3 is 15.6 Å². The number of carbonyl (C=O) groups excluding carboxylic acids is 2. The minimum absolute atomic E-state index is 0.130. The van der Waals surface area contributed by atoms with E-state index in [0.717, 1.165) is 90.8 Å². The van der Waals surface area contributed by atoms with E-state index < -0.39 is 0 Å². The molecule has 5 rings (SSSR count). The molecule has 0 unspecified atom stereocenters. The van der Waals surface area contributed by atoms with Crippen molar-refractivity contribution in [3.05, 3.63) is 48.5 Å². The molecular formula is C29H35N3O2. The summed E-state index contributed by atoms with van der Waals surface area (Å²) in [4.78, 5) is 28.7. The zero-order chi connectivity index (χ0) is 23.5. The molecule has 2 aliphatic rings. The maximum absolute atomic E-state index is 12.7. The van der Waals surface area contributed by atoms with Crippen LogP contribution in [0.25, 0.3) is 22.2 Å². The summed E-state index contributed by atoms with van der Waals surface area (Å²) in [6.07, 6.45) is 9.81. The van der Waals surface area contributed by atoms with E-state index in [9.17, 15) is 9.59 Å². The molecule has 3 aromatic rings. The number of hydrogen-bond acceptors (Lipinski definition) is 2. The summed E-state index contributed by atoms with van der Waals surface area (Å²) in [6.45, 7) is 2.27. The Morgan fingerprint density at radius 3 is 2.06 bits per heavy atom. The van der Waals surface area contributed by atoms with Gasteiger partial charge in [0.25, 0.3) is 0 Å². The average molecular weight is 458 g/mol. The van der Waals surface area contributed by atoms with Gasteiger partial charge in [-0.3, -0.25) is 9.59 Å². The first-order chi connectivity index (χ1) is 16.5. The maximum Gasteiger partial charge on any atom is 0.227 e. The van der Waals surface area contributed by atoms with Crippen LogP contribution < -0.4 is 10.6 Å². The number of aromatic amines is 1. The first-order valence-corrected chi connectivity index (χ1v) is 12.9. The Bertz CT molecular complexity index is 1150. The molecule has 0 atom stereocenters. The number of anilines is 2. The van der Waals surface area contributed by atoms with Crippen molar-refractivity contribution in [2.24, 2.45) is 17.8 Å². The van der Waals surface area contributed by atoms with Crippen LogP contribution in [-0.2, 0) is 9.59 Å². The Morgan fingerprint density at radius 2 is 1.35 bits per heavy atom. The molecule has 2 saturated carbocycles. The van der Waals surface area contributed by atoms with Gasteiger partial charge in [0, 0.05) is 39.8 Å². The van der Waals surface area contributed by atoms with Gasteiger partial charge >= 0.3 is 0 Å². The highest BCUT2D eigenvalue weighted by Crippen LogP contribution is 2.31. The quantitative estimate of drug-likeness (QED) is 0.382. The van der Waals surface area contributed by atoms with Crippen LogP contribution in [-0.4, -0.2) is 16.8 Å². The van der Waals surface area contributed by atoms with Crippen LogP contribution in [0.4, 0.5) is 11.4 Å². The van der Waals surface area contributed by atoms with Crippen molar-refractivity contribution in [3.8, 4) is 11.3 Å². The number of aromatic nitrogens is 1. The number of rotatable bonds is 5. The predicted molar refractivity (Wildman–Crippen MR) is 139 cm³/mol. The summed E-state index contributed by atoms with van der Waals surface area (Å²) in [5.74, 6) is 1.31. The SMILES string of the molecule is CC1CCC(C(=O)Nc2ccc3[nH]c(-c4ccc(NC(=O)C5CCCCC5)cc4)cc3c2)CC1. The average Bonchev–Trinajstić information content (AvgIpc) is 3.29. The molecule has 0 radical (unpaired) electrons. The van der Waals surface area contributed by atoms with Crippen LogP contribution in [0.3, 0.4) is 0 Å². The molecule has 34 heavy (non-hydrogen) atoms. The van der Waals surface area contributed by atoms with Gasteiger partial charge in [0.2, 0.25) is 11.8 Å². The number of benzene rings is 2. The molecule has 2 aromatic carbocycles. The summed E-state index contributed by atoms with van der Waals surface area (Å²) in [5.41, 5.74) is 4.81. The Balaban J connectivity index is 1.24. The van der Waals surface area contributed by atoms with E-state index in [1.165, 1.54) is 6.42 Å². The van der Waals surface area contributed by atoms with Gasteiger partial charge in [0.15, 0.2) is 0 Å². The number of nitrogens with one attached hydrogen (secondary N) is 3. The molecule has 0 saturated heterocycles. The van der Waals surface area contributed by atoms with Crippen molar-refractivity contribution in [2.45, 2.75) is 64.7 Å². The third-order valence-electron chi connectivity index (χ3n) is 7.71. The number of H-pyrrole nitrogens is 1. The number of hydrogen-bond donors (Lipinski definition) is 3. The Hall–Kier alpha value is -3.08. The minimum Gasteiger partial charge on any atom is -0.355 e. The second-order valence-corrected chi connectivity index (χ2v) is 10.3. The van der Waals surface area contributed by atoms with Crippen LogP contribution in [0.15, 0.2) is 48.5 Å². The predicted octanol–water partition coefficient (Wildman–Crippen LogP) is 7.12. The van der Waals surface area contributed by atoms with E-state index in [1.807, 2.05) is 42.5 Å². The highest BCUT2D eigenvalue weighted by molar-refractivity contribution is 5.96. The van der Waals surface area contributed by atoms with Crippen molar-refractivity contribution in [1.29, 1.82) is 0 Å². The molecule has 1 aromatic heterocycles. The fraction of sp³-hybridized carbons (Fsp3) is 0.448.